The monoisotopic (exact) mass is 297 g/mol. The van der Waals surface area contributed by atoms with Gasteiger partial charge in [-0.15, -0.1) is 16.7 Å². The van der Waals surface area contributed by atoms with E-state index >= 15 is 0 Å². The van der Waals surface area contributed by atoms with Gasteiger partial charge in [-0.2, -0.15) is 4.68 Å². The summed E-state index contributed by atoms with van der Waals surface area (Å²) >= 11 is 5.56. The SMILES string of the molecule is COc1cc(NCC(O)CCl)cc(-n2nnnc2C)c1. The zero-order valence-electron chi connectivity index (χ0n) is 11.2. The highest BCUT2D eigenvalue weighted by Gasteiger charge is 2.08. The molecule has 0 spiro atoms. The highest BCUT2D eigenvalue weighted by Crippen LogP contribution is 2.23. The van der Waals surface area contributed by atoms with Crippen LogP contribution in [0.3, 0.4) is 0 Å². The Bertz CT molecular complexity index is 575. The Hall–Kier alpha value is -1.86. The van der Waals surface area contributed by atoms with E-state index in [1.807, 2.05) is 25.1 Å². The quantitative estimate of drug-likeness (QED) is 0.774. The van der Waals surface area contributed by atoms with Gasteiger partial charge in [0.25, 0.3) is 0 Å². The summed E-state index contributed by atoms with van der Waals surface area (Å²) in [5, 5.41) is 24.0. The van der Waals surface area contributed by atoms with Crippen molar-refractivity contribution in [1.82, 2.24) is 20.2 Å². The maximum Gasteiger partial charge on any atom is 0.153 e. The largest absolute Gasteiger partial charge is 0.497 e. The second-order valence-corrected chi connectivity index (χ2v) is 4.56. The van der Waals surface area contributed by atoms with Crippen LogP contribution in [-0.2, 0) is 0 Å². The topological polar surface area (TPSA) is 85.1 Å². The number of aliphatic hydroxyl groups is 1. The molecular weight excluding hydrogens is 282 g/mol. The number of aromatic nitrogens is 4. The predicted octanol–water partition coefficient (Wildman–Crippen LogP) is 0.991. The lowest BCUT2D eigenvalue weighted by molar-refractivity contribution is 0.211. The highest BCUT2D eigenvalue weighted by atomic mass is 35.5. The fourth-order valence-corrected chi connectivity index (χ4v) is 1.80. The van der Waals surface area contributed by atoms with Crippen molar-refractivity contribution in [3.05, 3.63) is 24.0 Å². The Morgan fingerprint density at radius 3 is 2.85 bits per heavy atom. The van der Waals surface area contributed by atoms with E-state index < -0.39 is 6.10 Å². The standard InChI is InChI=1S/C12H16ClN5O2/c1-8-15-16-17-18(8)10-3-9(4-12(5-10)20-2)14-7-11(19)6-13/h3-5,11,14,19H,6-7H2,1-2H3. The Labute approximate surface area is 121 Å². The summed E-state index contributed by atoms with van der Waals surface area (Å²) in [5.74, 6) is 1.51. The van der Waals surface area contributed by atoms with Gasteiger partial charge in [-0.05, 0) is 23.4 Å². The number of aryl methyl sites for hydroxylation is 1. The number of hydrogen-bond donors (Lipinski definition) is 2. The molecular formula is C12H16ClN5O2. The van der Waals surface area contributed by atoms with E-state index in [1.165, 1.54) is 0 Å². The molecule has 1 unspecified atom stereocenters. The van der Waals surface area contributed by atoms with Gasteiger partial charge in [0.05, 0.1) is 24.8 Å². The molecule has 20 heavy (non-hydrogen) atoms. The molecule has 0 aliphatic heterocycles. The van der Waals surface area contributed by atoms with Crippen LogP contribution in [0.25, 0.3) is 5.69 Å². The normalized spacial score (nSPS) is 12.2. The zero-order valence-corrected chi connectivity index (χ0v) is 12.0. The molecule has 108 valence electrons. The molecule has 0 saturated carbocycles. The molecule has 8 heteroatoms. The summed E-state index contributed by atoms with van der Waals surface area (Å²) in [4.78, 5) is 0. The molecule has 1 heterocycles. The maximum absolute atomic E-state index is 9.48. The smallest absolute Gasteiger partial charge is 0.153 e. The van der Waals surface area contributed by atoms with Gasteiger partial charge in [0.1, 0.15) is 5.75 Å². The van der Waals surface area contributed by atoms with Crippen molar-refractivity contribution in [1.29, 1.82) is 0 Å². The second kappa shape index (κ2) is 6.53. The molecule has 0 radical (unpaired) electrons. The first kappa shape index (κ1) is 14.5. The van der Waals surface area contributed by atoms with E-state index in [-0.39, 0.29) is 5.88 Å². The molecule has 1 atom stereocenters. The molecule has 2 rings (SSSR count). The molecule has 7 nitrogen and oxygen atoms in total. The minimum atomic E-state index is -0.610. The van der Waals surface area contributed by atoms with Crippen molar-refractivity contribution in [2.45, 2.75) is 13.0 Å². The summed E-state index contributed by atoms with van der Waals surface area (Å²) in [6.07, 6.45) is -0.610. The number of rotatable bonds is 6. The maximum atomic E-state index is 9.48. The van der Waals surface area contributed by atoms with E-state index in [0.717, 1.165) is 11.4 Å². The number of tetrazole rings is 1. The molecule has 0 amide bonds. The van der Waals surface area contributed by atoms with E-state index in [0.29, 0.717) is 18.1 Å². The summed E-state index contributed by atoms with van der Waals surface area (Å²) < 4.78 is 6.86. The first-order valence-electron chi connectivity index (χ1n) is 6.06. The number of nitrogens with zero attached hydrogens (tertiary/aromatic N) is 4. The van der Waals surface area contributed by atoms with E-state index in [1.54, 1.807) is 11.8 Å². The van der Waals surface area contributed by atoms with Crippen molar-refractivity contribution in [2.24, 2.45) is 0 Å². The van der Waals surface area contributed by atoms with Crippen LogP contribution in [0.2, 0.25) is 0 Å². The molecule has 2 aromatic rings. The van der Waals surface area contributed by atoms with E-state index in [9.17, 15) is 5.11 Å². The van der Waals surface area contributed by atoms with Crippen molar-refractivity contribution >= 4 is 17.3 Å². The van der Waals surface area contributed by atoms with Crippen LogP contribution in [0.15, 0.2) is 18.2 Å². The molecule has 0 aliphatic carbocycles. The third kappa shape index (κ3) is 3.37. The van der Waals surface area contributed by atoms with Crippen molar-refractivity contribution in [3.63, 3.8) is 0 Å². The number of benzene rings is 1. The Morgan fingerprint density at radius 2 is 2.25 bits per heavy atom. The fraction of sp³-hybridized carbons (Fsp3) is 0.417. The van der Waals surface area contributed by atoms with E-state index in [4.69, 9.17) is 16.3 Å². The number of hydrogen-bond acceptors (Lipinski definition) is 6. The molecule has 2 N–H and O–H groups in total. The van der Waals surface area contributed by atoms with Gasteiger partial charge in [0, 0.05) is 24.4 Å². The minimum absolute atomic E-state index is 0.177. The lowest BCUT2D eigenvalue weighted by Gasteiger charge is -2.13. The van der Waals surface area contributed by atoms with Crippen molar-refractivity contribution < 1.29 is 9.84 Å². The lowest BCUT2D eigenvalue weighted by atomic mass is 10.2. The number of anilines is 1. The minimum Gasteiger partial charge on any atom is -0.497 e. The third-order valence-corrected chi connectivity index (χ3v) is 3.07. The molecule has 0 fully saturated rings. The average molecular weight is 298 g/mol. The van der Waals surface area contributed by atoms with Crippen LogP contribution in [-0.4, -0.2) is 51.0 Å². The van der Waals surface area contributed by atoms with Gasteiger partial charge < -0.3 is 15.2 Å². The lowest BCUT2D eigenvalue weighted by Crippen LogP contribution is -2.20. The van der Waals surface area contributed by atoms with Crippen LogP contribution in [0.1, 0.15) is 5.82 Å². The van der Waals surface area contributed by atoms with Gasteiger partial charge >= 0.3 is 0 Å². The van der Waals surface area contributed by atoms with Gasteiger partial charge in [-0.3, -0.25) is 0 Å². The number of nitrogens with one attached hydrogen (secondary N) is 1. The van der Waals surface area contributed by atoms with Gasteiger partial charge in [0.15, 0.2) is 5.82 Å². The Morgan fingerprint density at radius 1 is 1.45 bits per heavy atom. The Kier molecular flexibility index (Phi) is 4.75. The van der Waals surface area contributed by atoms with E-state index in [2.05, 4.69) is 20.8 Å². The van der Waals surface area contributed by atoms with Crippen molar-refractivity contribution in [2.75, 3.05) is 24.9 Å². The van der Waals surface area contributed by atoms with Crippen LogP contribution < -0.4 is 10.1 Å². The summed E-state index contributed by atoms with van der Waals surface area (Å²) in [6.45, 7) is 2.16. The van der Waals surface area contributed by atoms with Gasteiger partial charge in [-0.1, -0.05) is 0 Å². The predicted molar refractivity (Wildman–Crippen MR) is 75.7 cm³/mol. The summed E-state index contributed by atoms with van der Waals surface area (Å²) in [5.41, 5.74) is 1.56. The number of methoxy groups -OCH3 is 1. The first-order chi connectivity index (χ1) is 9.63. The molecule has 0 saturated heterocycles. The molecule has 0 aliphatic rings. The summed E-state index contributed by atoms with van der Waals surface area (Å²) in [7, 11) is 1.59. The van der Waals surface area contributed by atoms with Gasteiger partial charge in [-0.25, -0.2) is 0 Å². The van der Waals surface area contributed by atoms with Gasteiger partial charge in [0.2, 0.25) is 0 Å². The number of aliphatic hydroxyl groups excluding tert-OH is 1. The fourth-order valence-electron chi connectivity index (χ4n) is 1.69. The molecule has 1 aromatic carbocycles. The third-order valence-electron chi connectivity index (χ3n) is 2.72. The number of ether oxygens (including phenoxy) is 1. The van der Waals surface area contributed by atoms with Crippen LogP contribution in [0.5, 0.6) is 5.75 Å². The zero-order chi connectivity index (χ0) is 14.5. The van der Waals surface area contributed by atoms with Crippen molar-refractivity contribution in [3.8, 4) is 11.4 Å². The first-order valence-corrected chi connectivity index (χ1v) is 6.60. The number of halogens is 1. The highest BCUT2D eigenvalue weighted by molar-refractivity contribution is 6.18. The van der Waals surface area contributed by atoms with Crippen LogP contribution >= 0.6 is 11.6 Å². The Balaban J connectivity index is 2.27. The molecule has 1 aromatic heterocycles. The second-order valence-electron chi connectivity index (χ2n) is 4.25. The van der Waals surface area contributed by atoms with Crippen LogP contribution in [0, 0.1) is 6.92 Å². The molecule has 0 bridgehead atoms. The summed E-state index contributed by atoms with van der Waals surface area (Å²) in [6, 6.07) is 5.52. The average Bonchev–Trinajstić information content (AvgIpc) is 2.90. The van der Waals surface area contributed by atoms with Crippen LogP contribution in [0.4, 0.5) is 5.69 Å². The number of alkyl halides is 1.